The fourth-order valence-corrected chi connectivity index (χ4v) is 3.07. The predicted octanol–water partition coefficient (Wildman–Crippen LogP) is 5.37. The lowest BCUT2D eigenvalue weighted by molar-refractivity contribution is 0.528. The molecule has 112 valence electrons. The van der Waals surface area contributed by atoms with Crippen molar-refractivity contribution in [1.82, 2.24) is 5.32 Å². The molecular weight excluding hydrogens is 400 g/mol. The van der Waals surface area contributed by atoms with Crippen LogP contribution in [0.25, 0.3) is 0 Å². The number of benzene rings is 2. The summed E-state index contributed by atoms with van der Waals surface area (Å²) < 4.78 is 14.4. The highest BCUT2D eigenvalue weighted by Gasteiger charge is 2.14. The van der Waals surface area contributed by atoms with E-state index in [1.165, 1.54) is 21.3 Å². The van der Waals surface area contributed by atoms with E-state index in [1.807, 2.05) is 0 Å². The van der Waals surface area contributed by atoms with E-state index < -0.39 is 0 Å². The van der Waals surface area contributed by atoms with Crippen LogP contribution in [-0.4, -0.2) is 6.54 Å². The first-order valence-corrected chi connectivity index (χ1v) is 8.48. The second-order valence-electron chi connectivity index (χ2n) is 5.00. The number of rotatable bonds is 6. The van der Waals surface area contributed by atoms with Crippen LogP contribution in [0.1, 0.15) is 30.5 Å². The zero-order valence-corrected chi connectivity index (χ0v) is 14.8. The highest BCUT2D eigenvalue weighted by Crippen LogP contribution is 2.25. The third kappa shape index (κ3) is 4.94. The van der Waals surface area contributed by atoms with Gasteiger partial charge in [0, 0.05) is 14.6 Å². The molecule has 21 heavy (non-hydrogen) atoms. The Kier molecular flexibility index (Phi) is 6.45. The first-order valence-electron chi connectivity index (χ1n) is 7.03. The van der Waals surface area contributed by atoms with Crippen LogP contribution in [0.3, 0.4) is 0 Å². The van der Waals surface area contributed by atoms with Crippen LogP contribution in [-0.2, 0) is 6.42 Å². The van der Waals surface area contributed by atoms with Crippen LogP contribution in [0.4, 0.5) is 4.39 Å². The molecule has 2 aromatic carbocycles. The summed E-state index contributed by atoms with van der Waals surface area (Å²) >= 11 is 8.47. The van der Waals surface area contributed by atoms with Crippen LogP contribution in [0.5, 0.6) is 0 Å². The molecule has 0 bridgehead atoms. The van der Waals surface area contributed by atoms with Gasteiger partial charge in [-0.15, -0.1) is 0 Å². The maximum atomic E-state index is 13.2. The van der Waals surface area contributed by atoms with Crippen molar-refractivity contribution in [3.8, 4) is 0 Å². The van der Waals surface area contributed by atoms with Gasteiger partial charge >= 0.3 is 0 Å². The van der Waals surface area contributed by atoms with Gasteiger partial charge < -0.3 is 5.32 Å². The molecule has 0 radical (unpaired) electrons. The topological polar surface area (TPSA) is 12.0 Å². The minimum absolute atomic E-state index is 0.183. The van der Waals surface area contributed by atoms with E-state index in [9.17, 15) is 4.39 Å². The van der Waals surface area contributed by atoms with Crippen molar-refractivity contribution in [2.24, 2.45) is 0 Å². The molecule has 1 unspecified atom stereocenters. The molecule has 2 rings (SSSR count). The summed E-state index contributed by atoms with van der Waals surface area (Å²) in [6.07, 6.45) is 1.82. The van der Waals surface area contributed by atoms with Crippen molar-refractivity contribution in [3.63, 3.8) is 0 Å². The summed E-state index contributed by atoms with van der Waals surface area (Å²) in [7, 11) is 0. The minimum atomic E-state index is -0.295. The quantitative estimate of drug-likeness (QED) is 0.623. The van der Waals surface area contributed by atoms with Crippen molar-refractivity contribution in [1.29, 1.82) is 0 Å². The van der Waals surface area contributed by atoms with E-state index in [0.29, 0.717) is 5.02 Å². The Morgan fingerprint density at radius 1 is 1.24 bits per heavy atom. The summed E-state index contributed by atoms with van der Waals surface area (Å²) in [4.78, 5) is 0. The van der Waals surface area contributed by atoms with Crippen LogP contribution < -0.4 is 5.32 Å². The molecule has 4 heteroatoms. The minimum Gasteiger partial charge on any atom is -0.310 e. The van der Waals surface area contributed by atoms with Crippen molar-refractivity contribution in [2.75, 3.05) is 6.54 Å². The second kappa shape index (κ2) is 8.11. The lowest BCUT2D eigenvalue weighted by Crippen LogP contribution is -2.24. The summed E-state index contributed by atoms with van der Waals surface area (Å²) in [5.74, 6) is -0.295. The molecule has 0 aromatic heterocycles. The molecule has 1 nitrogen and oxygen atoms in total. The Labute approximate surface area is 144 Å². The zero-order chi connectivity index (χ0) is 15.2. The van der Waals surface area contributed by atoms with Gasteiger partial charge in [-0.25, -0.2) is 4.39 Å². The smallest absolute Gasteiger partial charge is 0.124 e. The summed E-state index contributed by atoms with van der Waals surface area (Å²) in [6.45, 7) is 3.08. The van der Waals surface area contributed by atoms with E-state index in [1.54, 1.807) is 6.07 Å². The van der Waals surface area contributed by atoms with Gasteiger partial charge in [-0.05, 0) is 77.4 Å². The average molecular weight is 418 g/mol. The first-order chi connectivity index (χ1) is 10.1. The third-order valence-electron chi connectivity index (χ3n) is 3.33. The molecule has 0 aliphatic rings. The molecule has 0 heterocycles. The van der Waals surface area contributed by atoms with Crippen LogP contribution >= 0.6 is 34.2 Å². The third-order valence-corrected chi connectivity index (χ3v) is 4.35. The van der Waals surface area contributed by atoms with Gasteiger partial charge in [-0.2, -0.15) is 0 Å². The highest BCUT2D eigenvalue weighted by atomic mass is 127. The molecule has 0 amide bonds. The van der Waals surface area contributed by atoms with Gasteiger partial charge in [0.05, 0.1) is 0 Å². The van der Waals surface area contributed by atoms with Gasteiger partial charge in [0.2, 0.25) is 0 Å². The summed E-state index contributed by atoms with van der Waals surface area (Å²) in [5, 5.41) is 4.04. The lowest BCUT2D eigenvalue weighted by Gasteiger charge is -2.20. The maximum absolute atomic E-state index is 13.2. The molecule has 0 aliphatic carbocycles. The lowest BCUT2D eigenvalue weighted by atomic mass is 9.98. The normalized spacial score (nSPS) is 12.4. The van der Waals surface area contributed by atoms with E-state index in [-0.39, 0.29) is 11.9 Å². The molecule has 2 aromatic rings. The number of nitrogens with one attached hydrogen (secondary N) is 1. The zero-order valence-electron chi connectivity index (χ0n) is 11.9. The Hall–Kier alpha value is -0.650. The average Bonchev–Trinajstić information content (AvgIpc) is 2.45. The fourth-order valence-electron chi connectivity index (χ4n) is 2.26. The van der Waals surface area contributed by atoms with Gasteiger partial charge in [0.15, 0.2) is 0 Å². The summed E-state index contributed by atoms with van der Waals surface area (Å²) in [5.41, 5.74) is 2.20. The predicted molar refractivity (Wildman–Crippen MR) is 95.3 cm³/mol. The van der Waals surface area contributed by atoms with Crippen molar-refractivity contribution >= 4 is 34.2 Å². The number of halogens is 3. The second-order valence-corrected chi connectivity index (χ2v) is 6.65. The van der Waals surface area contributed by atoms with Gasteiger partial charge in [0.25, 0.3) is 0 Å². The molecular formula is C17H18ClFIN. The Balaban J connectivity index is 2.23. The number of hydrogen-bond acceptors (Lipinski definition) is 1. The monoisotopic (exact) mass is 417 g/mol. The van der Waals surface area contributed by atoms with E-state index in [4.69, 9.17) is 11.6 Å². The van der Waals surface area contributed by atoms with Crippen LogP contribution in [0.2, 0.25) is 5.02 Å². The molecule has 0 spiro atoms. The van der Waals surface area contributed by atoms with E-state index in [2.05, 4.69) is 59.1 Å². The molecule has 0 saturated carbocycles. The van der Waals surface area contributed by atoms with Crippen LogP contribution in [0, 0.1) is 9.39 Å². The largest absolute Gasteiger partial charge is 0.310 e. The first kappa shape index (κ1) is 16.7. The Morgan fingerprint density at radius 2 is 2.05 bits per heavy atom. The van der Waals surface area contributed by atoms with Gasteiger partial charge in [-0.3, -0.25) is 0 Å². The van der Waals surface area contributed by atoms with Crippen molar-refractivity contribution < 1.29 is 4.39 Å². The van der Waals surface area contributed by atoms with Gasteiger partial charge in [-0.1, -0.05) is 36.7 Å². The molecule has 0 aliphatic heterocycles. The maximum Gasteiger partial charge on any atom is 0.124 e. The SMILES string of the molecule is CCCNC(Cc1ccc(F)cc1Cl)c1cccc(I)c1. The standard InChI is InChI=1S/C17H18ClFIN/c1-2-8-21-17(13-4-3-5-15(20)9-13)10-12-6-7-14(19)11-16(12)18/h3-7,9,11,17,21H,2,8,10H2,1H3. The molecule has 1 N–H and O–H groups in total. The Morgan fingerprint density at radius 3 is 2.71 bits per heavy atom. The van der Waals surface area contributed by atoms with Gasteiger partial charge in [0.1, 0.15) is 5.82 Å². The summed E-state index contributed by atoms with van der Waals surface area (Å²) in [6, 6.07) is 13.2. The molecule has 0 fully saturated rings. The highest BCUT2D eigenvalue weighted by molar-refractivity contribution is 14.1. The van der Waals surface area contributed by atoms with E-state index >= 15 is 0 Å². The molecule has 1 atom stereocenters. The van der Waals surface area contributed by atoms with Crippen LogP contribution in [0.15, 0.2) is 42.5 Å². The van der Waals surface area contributed by atoms with Crippen molar-refractivity contribution in [3.05, 3.63) is 68.0 Å². The van der Waals surface area contributed by atoms with Crippen molar-refractivity contribution in [2.45, 2.75) is 25.8 Å². The number of hydrogen-bond donors (Lipinski definition) is 1. The van der Waals surface area contributed by atoms with E-state index in [0.717, 1.165) is 24.9 Å². The Bertz CT molecular complexity index is 603. The fraction of sp³-hybridized carbons (Fsp3) is 0.294. The molecule has 0 saturated heterocycles.